The number of amides is 1. The number of nitrogens with two attached hydrogens (primary N) is 1. The van der Waals surface area contributed by atoms with Gasteiger partial charge in [-0.1, -0.05) is 6.92 Å². The first-order valence-electron chi connectivity index (χ1n) is 10.8. The van der Waals surface area contributed by atoms with Crippen molar-refractivity contribution in [3.63, 3.8) is 0 Å². The predicted molar refractivity (Wildman–Crippen MR) is 112 cm³/mol. The van der Waals surface area contributed by atoms with Crippen LogP contribution in [0.25, 0.3) is 0 Å². The molecule has 1 fully saturated rings. The van der Waals surface area contributed by atoms with Gasteiger partial charge in [0.1, 0.15) is 0 Å². The van der Waals surface area contributed by atoms with Gasteiger partial charge in [0, 0.05) is 50.5 Å². The van der Waals surface area contributed by atoms with Crippen LogP contribution >= 0.6 is 0 Å². The van der Waals surface area contributed by atoms with Gasteiger partial charge in [0.25, 0.3) is 0 Å². The highest BCUT2D eigenvalue weighted by Crippen LogP contribution is 2.37. The Hall–Kier alpha value is -1.73. The average molecular weight is 389 g/mol. The molecule has 7 nitrogen and oxygen atoms in total. The van der Waals surface area contributed by atoms with E-state index in [9.17, 15) is 4.79 Å². The number of nitrogens with one attached hydrogen (secondary N) is 1. The summed E-state index contributed by atoms with van der Waals surface area (Å²) in [5.41, 5.74) is 8.18. The third-order valence-corrected chi connectivity index (χ3v) is 6.34. The molecule has 3 rings (SSSR count). The van der Waals surface area contributed by atoms with E-state index in [-0.39, 0.29) is 0 Å². The monoisotopic (exact) mass is 388 g/mol. The molecule has 7 heteroatoms. The lowest BCUT2D eigenvalue weighted by atomic mass is 9.73. The molecule has 2 heterocycles. The van der Waals surface area contributed by atoms with Crippen LogP contribution < -0.4 is 11.1 Å². The number of carbonyl (C=O) groups is 1. The Morgan fingerprint density at radius 3 is 2.93 bits per heavy atom. The summed E-state index contributed by atoms with van der Waals surface area (Å²) in [5.74, 6) is 1.63. The van der Waals surface area contributed by atoms with Crippen LogP contribution in [-0.2, 0) is 17.6 Å². The van der Waals surface area contributed by atoms with E-state index in [1.165, 1.54) is 5.56 Å². The van der Waals surface area contributed by atoms with Crippen molar-refractivity contribution in [2.45, 2.75) is 52.0 Å². The summed E-state index contributed by atoms with van der Waals surface area (Å²) < 4.78 is 0. The largest absolute Gasteiger partial charge is 0.368 e. The Kier molecular flexibility index (Phi) is 7.24. The molecule has 3 atom stereocenters. The second-order valence-corrected chi connectivity index (χ2v) is 8.31. The van der Waals surface area contributed by atoms with Gasteiger partial charge in [0.15, 0.2) is 0 Å². The van der Waals surface area contributed by atoms with Crippen LogP contribution in [0.1, 0.15) is 44.4 Å². The zero-order chi connectivity index (χ0) is 20.1. The average Bonchev–Trinajstić information content (AvgIpc) is 2.67. The van der Waals surface area contributed by atoms with Gasteiger partial charge in [-0.05, 0) is 63.6 Å². The molecular weight excluding hydrogens is 352 g/mol. The number of aromatic nitrogens is 2. The number of rotatable bonds is 8. The number of nitrogen functional groups attached to an aromatic ring is 1. The molecule has 1 saturated heterocycles. The number of nitrogens with zero attached hydrogens (tertiary/aromatic N) is 4. The number of likely N-dealkylation sites (N-methyl/N-ethyl adjacent to an activating group) is 2. The molecule has 0 unspecified atom stereocenters. The van der Waals surface area contributed by atoms with Crippen LogP contribution in [0, 0.1) is 11.8 Å². The summed E-state index contributed by atoms with van der Waals surface area (Å²) in [5, 5.41) is 3.14. The van der Waals surface area contributed by atoms with Crippen molar-refractivity contribution in [1.82, 2.24) is 25.1 Å². The van der Waals surface area contributed by atoms with Crippen molar-refractivity contribution in [2.24, 2.45) is 11.8 Å². The van der Waals surface area contributed by atoms with Crippen LogP contribution in [0.5, 0.6) is 0 Å². The molecule has 1 aromatic rings. The SMILES string of the molecule is CCCN1C[C@@H](CC(=O)N(CC)CCNC)C[C@@H]2Cc3nc(N)ncc3C[C@H]21. The third kappa shape index (κ3) is 4.81. The maximum atomic E-state index is 12.9. The first-order chi connectivity index (χ1) is 13.5. The summed E-state index contributed by atoms with van der Waals surface area (Å²) in [6.45, 7) is 8.82. The van der Waals surface area contributed by atoms with Crippen molar-refractivity contribution < 1.29 is 4.79 Å². The molecule has 0 aromatic carbocycles. The zero-order valence-corrected chi connectivity index (χ0v) is 17.7. The van der Waals surface area contributed by atoms with Crippen LogP contribution in [0.2, 0.25) is 0 Å². The van der Waals surface area contributed by atoms with E-state index in [0.717, 1.165) is 64.1 Å². The first kappa shape index (κ1) is 21.0. The molecule has 1 aliphatic heterocycles. The maximum absolute atomic E-state index is 12.9. The van der Waals surface area contributed by atoms with E-state index >= 15 is 0 Å². The lowest BCUT2D eigenvalue weighted by Gasteiger charge is -2.47. The summed E-state index contributed by atoms with van der Waals surface area (Å²) in [7, 11) is 1.93. The molecular formula is C21H36N6O. The molecule has 28 heavy (non-hydrogen) atoms. The fraction of sp³-hybridized carbons (Fsp3) is 0.762. The van der Waals surface area contributed by atoms with Crippen LogP contribution in [-0.4, -0.2) is 71.5 Å². The first-order valence-corrected chi connectivity index (χ1v) is 10.8. The lowest BCUT2D eigenvalue weighted by Crippen LogP contribution is -2.53. The van der Waals surface area contributed by atoms with Crippen molar-refractivity contribution in [2.75, 3.05) is 45.5 Å². The molecule has 0 radical (unpaired) electrons. The predicted octanol–water partition coefficient (Wildman–Crippen LogP) is 1.33. The molecule has 2 aliphatic rings. The van der Waals surface area contributed by atoms with E-state index in [1.807, 2.05) is 18.1 Å². The zero-order valence-electron chi connectivity index (χ0n) is 17.7. The fourth-order valence-electron chi connectivity index (χ4n) is 4.99. The fourth-order valence-corrected chi connectivity index (χ4v) is 4.99. The molecule has 1 aliphatic carbocycles. The second kappa shape index (κ2) is 9.65. The van der Waals surface area contributed by atoms with E-state index in [0.29, 0.717) is 36.2 Å². The highest BCUT2D eigenvalue weighted by atomic mass is 16.2. The molecule has 1 aromatic heterocycles. The molecule has 0 bridgehead atoms. The standard InChI is InChI=1S/C21H36N6O/c1-4-7-27-14-15(10-20(28)26(5-2)8-6-23-3)9-16-11-18-17(12-19(16)27)13-24-21(22)25-18/h13,15-16,19,23H,4-12,14H2,1-3H3,(H2,22,24,25)/t15-,16-,19-/m1/s1. The van der Waals surface area contributed by atoms with Crippen molar-refractivity contribution >= 4 is 11.9 Å². The highest BCUT2D eigenvalue weighted by molar-refractivity contribution is 5.76. The molecule has 1 amide bonds. The summed E-state index contributed by atoms with van der Waals surface area (Å²) in [6.07, 6.45) is 6.76. The van der Waals surface area contributed by atoms with Gasteiger partial charge < -0.3 is 16.0 Å². The van der Waals surface area contributed by atoms with Crippen LogP contribution in [0.3, 0.4) is 0 Å². The van der Waals surface area contributed by atoms with Gasteiger partial charge in [-0.3, -0.25) is 9.69 Å². The topological polar surface area (TPSA) is 87.4 Å². The second-order valence-electron chi connectivity index (χ2n) is 8.31. The number of anilines is 1. The number of likely N-dealkylation sites (tertiary alicyclic amines) is 1. The van der Waals surface area contributed by atoms with Crippen LogP contribution in [0.4, 0.5) is 5.95 Å². The normalized spacial score (nSPS) is 24.5. The number of hydrogen-bond donors (Lipinski definition) is 2. The van der Waals surface area contributed by atoms with Crippen molar-refractivity contribution in [1.29, 1.82) is 0 Å². The highest BCUT2D eigenvalue weighted by Gasteiger charge is 2.40. The number of carbonyl (C=O) groups excluding carboxylic acids is 1. The van der Waals surface area contributed by atoms with Gasteiger partial charge in [0.2, 0.25) is 11.9 Å². The number of hydrogen-bond acceptors (Lipinski definition) is 6. The molecule has 3 N–H and O–H groups in total. The van der Waals surface area contributed by atoms with Gasteiger partial charge >= 0.3 is 0 Å². The maximum Gasteiger partial charge on any atom is 0.222 e. The number of fused-ring (bicyclic) bond motifs is 2. The smallest absolute Gasteiger partial charge is 0.222 e. The van der Waals surface area contributed by atoms with Gasteiger partial charge in [-0.25, -0.2) is 9.97 Å². The minimum atomic E-state index is 0.292. The van der Waals surface area contributed by atoms with Gasteiger partial charge in [-0.15, -0.1) is 0 Å². The Morgan fingerprint density at radius 2 is 2.21 bits per heavy atom. The van der Waals surface area contributed by atoms with E-state index in [1.54, 1.807) is 0 Å². The van der Waals surface area contributed by atoms with Gasteiger partial charge in [-0.2, -0.15) is 0 Å². The van der Waals surface area contributed by atoms with E-state index < -0.39 is 0 Å². The van der Waals surface area contributed by atoms with Gasteiger partial charge in [0.05, 0.1) is 0 Å². The third-order valence-electron chi connectivity index (χ3n) is 6.34. The number of piperidine rings is 1. The van der Waals surface area contributed by atoms with Crippen LogP contribution in [0.15, 0.2) is 6.20 Å². The lowest BCUT2D eigenvalue weighted by molar-refractivity contribution is -0.132. The molecule has 156 valence electrons. The van der Waals surface area contributed by atoms with Crippen molar-refractivity contribution in [3.8, 4) is 0 Å². The molecule has 0 spiro atoms. The summed E-state index contributed by atoms with van der Waals surface area (Å²) >= 11 is 0. The minimum Gasteiger partial charge on any atom is -0.368 e. The van der Waals surface area contributed by atoms with E-state index in [4.69, 9.17) is 5.73 Å². The van der Waals surface area contributed by atoms with Crippen molar-refractivity contribution in [3.05, 3.63) is 17.5 Å². The molecule has 0 saturated carbocycles. The Morgan fingerprint density at radius 1 is 1.39 bits per heavy atom. The Bertz CT molecular complexity index is 666. The summed E-state index contributed by atoms with van der Waals surface area (Å²) in [4.78, 5) is 26.2. The minimum absolute atomic E-state index is 0.292. The van der Waals surface area contributed by atoms with E-state index in [2.05, 4.69) is 34.0 Å². The summed E-state index contributed by atoms with van der Waals surface area (Å²) in [6, 6.07) is 0.539. The Labute approximate surface area is 169 Å². The quantitative estimate of drug-likeness (QED) is 0.699. The Balaban J connectivity index is 1.70.